The van der Waals surface area contributed by atoms with E-state index in [1.165, 1.54) is 0 Å². The number of hydrogen-bond donors (Lipinski definition) is 0. The van der Waals surface area contributed by atoms with Gasteiger partial charge in [0.25, 0.3) is 0 Å². The monoisotopic (exact) mass is 108 g/mol. The first-order valence-corrected chi connectivity index (χ1v) is 4.05. The molecule has 1 nitrogen and oxygen atoms in total. The van der Waals surface area contributed by atoms with E-state index >= 15 is 0 Å². The lowest BCUT2D eigenvalue weighted by atomic mass is 10.9. The van der Waals surface area contributed by atoms with Crippen molar-refractivity contribution in [3.8, 4) is 0 Å². The highest BCUT2D eigenvalue weighted by Crippen LogP contribution is 2.19. The van der Waals surface area contributed by atoms with Gasteiger partial charge in [0.2, 0.25) is 0 Å². The molecule has 2 atom stereocenters. The lowest BCUT2D eigenvalue weighted by Crippen LogP contribution is -1.65. The predicted octanol–water partition coefficient (Wildman–Crippen LogP) is 1.00. The third-order valence-corrected chi connectivity index (χ3v) is 1.83. The molecule has 3 heteroatoms. The van der Waals surface area contributed by atoms with Crippen molar-refractivity contribution in [3.05, 3.63) is 0 Å². The smallest absolute Gasteiger partial charge is 0.152 e. The van der Waals surface area contributed by atoms with Crippen molar-refractivity contribution in [1.29, 1.82) is 0 Å². The van der Waals surface area contributed by atoms with Crippen LogP contribution in [0.4, 0.5) is 0 Å². The minimum Gasteiger partial charge on any atom is -0.295 e. The van der Waals surface area contributed by atoms with Gasteiger partial charge in [0.05, 0.1) is 0 Å². The fraction of sp³-hybridized carbons (Fsp3) is 0.500. The highest BCUT2D eigenvalue weighted by molar-refractivity contribution is 8.11. The summed E-state index contributed by atoms with van der Waals surface area (Å²) < 4.78 is 0. The molecule has 0 fully saturated rings. The standard InChI is InChI=1S/C2H6OP2/c1-2(3)5-4/h5H,4H2,1H3. The molecule has 0 rings (SSSR count). The van der Waals surface area contributed by atoms with Gasteiger partial charge in [0, 0.05) is 0 Å². The maximum absolute atomic E-state index is 9.80. The van der Waals surface area contributed by atoms with Crippen molar-refractivity contribution in [3.63, 3.8) is 0 Å². The Kier molecular flexibility index (Phi) is 3.04. The Hall–Kier alpha value is 0.530. The summed E-state index contributed by atoms with van der Waals surface area (Å²) in [5.41, 5.74) is 0.245. The molecule has 5 heavy (non-hydrogen) atoms. The summed E-state index contributed by atoms with van der Waals surface area (Å²) in [4.78, 5) is 9.80. The second kappa shape index (κ2) is 2.75. The molecule has 0 aliphatic rings. The molecular formula is C2H6OP2. The molecule has 0 aliphatic carbocycles. The average Bonchev–Trinajstić information content (AvgIpc) is 1.38. The van der Waals surface area contributed by atoms with E-state index in [0.717, 1.165) is 0 Å². The molecule has 0 saturated heterocycles. The maximum Gasteiger partial charge on any atom is 0.152 e. The topological polar surface area (TPSA) is 17.1 Å². The molecule has 0 aromatic heterocycles. The van der Waals surface area contributed by atoms with E-state index in [-0.39, 0.29) is 5.52 Å². The van der Waals surface area contributed by atoms with Crippen molar-refractivity contribution in [1.82, 2.24) is 0 Å². The van der Waals surface area contributed by atoms with E-state index in [0.29, 0.717) is 8.27 Å². The van der Waals surface area contributed by atoms with Crippen LogP contribution in [0.5, 0.6) is 0 Å². The molecule has 0 aromatic carbocycles. The summed E-state index contributed by atoms with van der Waals surface area (Å²) in [5, 5.41) is 0. The largest absolute Gasteiger partial charge is 0.295 e. The molecule has 0 spiro atoms. The summed E-state index contributed by atoms with van der Waals surface area (Å²) in [6, 6.07) is 0. The van der Waals surface area contributed by atoms with Crippen LogP contribution in [0.15, 0.2) is 0 Å². The van der Waals surface area contributed by atoms with E-state index in [4.69, 9.17) is 0 Å². The first kappa shape index (κ1) is 5.53. The number of hydrogen-bond acceptors (Lipinski definition) is 1. The van der Waals surface area contributed by atoms with Gasteiger partial charge in [-0.2, -0.15) is 0 Å². The Morgan fingerprint density at radius 2 is 2.20 bits per heavy atom. The molecule has 0 N–H and O–H groups in total. The van der Waals surface area contributed by atoms with Gasteiger partial charge in [-0.1, -0.05) is 0 Å². The fourth-order valence-corrected chi connectivity index (χ4v) is 0. The minimum atomic E-state index is 0.245. The highest BCUT2D eigenvalue weighted by Gasteiger charge is 1.76. The predicted molar refractivity (Wildman–Crippen MR) is 28.7 cm³/mol. The summed E-state index contributed by atoms with van der Waals surface area (Å²) in [6.45, 7) is 1.57. The first-order valence-electron chi connectivity index (χ1n) is 1.24. The Bertz CT molecular complexity index is 42.9. The second-order valence-electron chi connectivity index (χ2n) is 0.701. The summed E-state index contributed by atoms with van der Waals surface area (Å²) in [7, 11) is 2.76. The zero-order chi connectivity index (χ0) is 4.28. The van der Waals surface area contributed by atoms with Crippen LogP contribution in [-0.4, -0.2) is 5.52 Å². The van der Waals surface area contributed by atoms with Gasteiger partial charge in [-0.15, -0.1) is 8.93 Å². The number of carbonyl (C=O) groups is 1. The van der Waals surface area contributed by atoms with Crippen LogP contribution in [0.2, 0.25) is 0 Å². The summed E-state index contributed by atoms with van der Waals surface area (Å²) in [5.74, 6) is 0. The maximum atomic E-state index is 9.80. The van der Waals surface area contributed by atoms with E-state index in [1.54, 1.807) is 6.92 Å². The zero-order valence-electron chi connectivity index (χ0n) is 2.99. The van der Waals surface area contributed by atoms with Gasteiger partial charge in [0.1, 0.15) is 0 Å². The van der Waals surface area contributed by atoms with Crippen LogP contribution in [0.1, 0.15) is 6.92 Å². The Labute approximate surface area is 35.4 Å². The molecule has 30 valence electrons. The average molecular weight is 108 g/mol. The number of carbonyl (C=O) groups excluding carboxylic acids is 1. The van der Waals surface area contributed by atoms with Crippen LogP contribution in [0.25, 0.3) is 0 Å². The van der Waals surface area contributed by atoms with Crippen molar-refractivity contribution in [2.75, 3.05) is 0 Å². The van der Waals surface area contributed by atoms with Gasteiger partial charge in [-0.3, -0.25) is 4.79 Å². The lowest BCUT2D eigenvalue weighted by Gasteiger charge is -1.72. The zero-order valence-corrected chi connectivity index (χ0v) is 5.14. The van der Waals surface area contributed by atoms with Gasteiger partial charge < -0.3 is 0 Å². The minimum absolute atomic E-state index is 0.245. The molecule has 0 saturated carbocycles. The Balaban J connectivity index is 2.85. The molecule has 0 aliphatic heterocycles. The molecule has 0 bridgehead atoms. The van der Waals surface area contributed by atoms with Crippen LogP contribution < -0.4 is 0 Å². The third-order valence-electron chi connectivity index (χ3n) is 0.203. The van der Waals surface area contributed by atoms with Crippen LogP contribution in [-0.2, 0) is 4.79 Å². The van der Waals surface area contributed by atoms with Crippen LogP contribution in [0.3, 0.4) is 0 Å². The normalized spacial score (nSPS) is 10.0. The summed E-state index contributed by atoms with van der Waals surface area (Å²) >= 11 is 0. The van der Waals surface area contributed by atoms with E-state index in [9.17, 15) is 4.79 Å². The lowest BCUT2D eigenvalue weighted by molar-refractivity contribution is -0.109. The number of rotatable bonds is 1. The Morgan fingerprint density at radius 1 is 2.00 bits per heavy atom. The molecule has 0 aromatic rings. The fourth-order valence-electron chi connectivity index (χ4n) is 0. The third kappa shape index (κ3) is 4.53. The molecule has 2 unspecified atom stereocenters. The van der Waals surface area contributed by atoms with E-state index < -0.39 is 0 Å². The van der Waals surface area contributed by atoms with E-state index in [2.05, 4.69) is 8.93 Å². The molecular weight excluding hydrogens is 102 g/mol. The van der Waals surface area contributed by atoms with Crippen molar-refractivity contribution in [2.45, 2.75) is 6.92 Å². The quantitative estimate of drug-likeness (QED) is 0.458. The van der Waals surface area contributed by atoms with Crippen LogP contribution >= 0.6 is 17.2 Å². The second-order valence-corrected chi connectivity index (χ2v) is 2.56. The highest BCUT2D eigenvalue weighted by atomic mass is 32.0. The van der Waals surface area contributed by atoms with Gasteiger partial charge in [-0.25, -0.2) is 0 Å². The van der Waals surface area contributed by atoms with Gasteiger partial charge in [-0.05, 0) is 15.2 Å². The van der Waals surface area contributed by atoms with Crippen molar-refractivity contribution >= 4 is 22.7 Å². The van der Waals surface area contributed by atoms with Gasteiger partial charge >= 0.3 is 0 Å². The molecule has 0 amide bonds. The van der Waals surface area contributed by atoms with E-state index in [1.807, 2.05) is 0 Å². The summed E-state index contributed by atoms with van der Waals surface area (Å²) in [6.07, 6.45) is 0. The molecule has 0 radical (unpaired) electrons. The van der Waals surface area contributed by atoms with Crippen LogP contribution in [0, 0.1) is 0 Å². The molecule has 0 heterocycles. The Morgan fingerprint density at radius 3 is 2.20 bits per heavy atom. The van der Waals surface area contributed by atoms with Crippen molar-refractivity contribution < 1.29 is 4.79 Å². The van der Waals surface area contributed by atoms with Gasteiger partial charge in [0.15, 0.2) is 5.52 Å². The SMILES string of the molecule is CC(=O)PP. The first-order chi connectivity index (χ1) is 2.27. The van der Waals surface area contributed by atoms with Crippen molar-refractivity contribution in [2.24, 2.45) is 0 Å².